The summed E-state index contributed by atoms with van der Waals surface area (Å²) in [6.07, 6.45) is 1.19. The lowest BCUT2D eigenvalue weighted by molar-refractivity contribution is -0.116. The number of anilines is 2. The van der Waals surface area contributed by atoms with Crippen molar-refractivity contribution in [3.8, 4) is 5.75 Å². The van der Waals surface area contributed by atoms with Crippen molar-refractivity contribution in [1.29, 1.82) is 0 Å². The molecule has 0 aromatic heterocycles. The van der Waals surface area contributed by atoms with Gasteiger partial charge >= 0.3 is 0 Å². The molecule has 0 spiro atoms. The van der Waals surface area contributed by atoms with E-state index in [2.05, 4.69) is 5.32 Å². The summed E-state index contributed by atoms with van der Waals surface area (Å²) in [6.45, 7) is 3.82. The molecule has 2 aromatic carbocycles. The van der Waals surface area contributed by atoms with Crippen LogP contribution >= 0.6 is 0 Å². The smallest absolute Gasteiger partial charge is 0.232 e. The SMILES string of the molecule is COc1cccc(NC(=O)CCN(c2cc(C)ccc2C)S(C)(=O)=O)c1. The Kier molecular flexibility index (Phi) is 6.26. The third kappa shape index (κ3) is 5.23. The van der Waals surface area contributed by atoms with Gasteiger partial charge in [-0.3, -0.25) is 9.10 Å². The van der Waals surface area contributed by atoms with Crippen LogP contribution in [-0.2, 0) is 14.8 Å². The summed E-state index contributed by atoms with van der Waals surface area (Å²) in [7, 11) is -1.95. The van der Waals surface area contributed by atoms with Gasteiger partial charge in [0.05, 0.1) is 19.1 Å². The Morgan fingerprint density at radius 2 is 1.88 bits per heavy atom. The lowest BCUT2D eigenvalue weighted by Crippen LogP contribution is -2.33. The van der Waals surface area contributed by atoms with E-state index in [1.165, 1.54) is 4.31 Å². The standard InChI is InChI=1S/C19H24N2O4S/c1-14-8-9-15(2)18(12-14)21(26(4,23)24)11-10-19(22)20-16-6-5-7-17(13-16)25-3/h5-9,12-13H,10-11H2,1-4H3,(H,20,22). The van der Waals surface area contributed by atoms with Gasteiger partial charge in [-0.2, -0.15) is 0 Å². The molecule has 1 N–H and O–H groups in total. The predicted octanol–water partition coefficient (Wildman–Crippen LogP) is 3.11. The van der Waals surface area contributed by atoms with E-state index in [0.29, 0.717) is 17.1 Å². The molecule has 1 amide bonds. The molecule has 6 nitrogen and oxygen atoms in total. The van der Waals surface area contributed by atoms with Crippen LogP contribution in [-0.4, -0.2) is 34.2 Å². The number of nitrogens with zero attached hydrogens (tertiary/aromatic N) is 1. The number of carbonyl (C=O) groups is 1. The van der Waals surface area contributed by atoms with Crippen LogP contribution in [0.2, 0.25) is 0 Å². The summed E-state index contributed by atoms with van der Waals surface area (Å²) in [5, 5.41) is 2.76. The average Bonchev–Trinajstić information content (AvgIpc) is 2.57. The first-order chi connectivity index (χ1) is 12.2. The Hall–Kier alpha value is -2.54. The molecule has 0 aliphatic heterocycles. The minimum Gasteiger partial charge on any atom is -0.497 e. The second-order valence-electron chi connectivity index (χ2n) is 6.16. The van der Waals surface area contributed by atoms with Crippen molar-refractivity contribution in [3.05, 3.63) is 53.6 Å². The van der Waals surface area contributed by atoms with E-state index in [4.69, 9.17) is 4.74 Å². The normalized spacial score (nSPS) is 11.1. The van der Waals surface area contributed by atoms with E-state index in [-0.39, 0.29) is 18.9 Å². The summed E-state index contributed by atoms with van der Waals surface area (Å²) in [6, 6.07) is 12.6. The van der Waals surface area contributed by atoms with E-state index in [0.717, 1.165) is 17.4 Å². The molecule has 0 aliphatic carbocycles. The van der Waals surface area contributed by atoms with Gasteiger partial charge in [-0.15, -0.1) is 0 Å². The minimum atomic E-state index is -3.50. The lowest BCUT2D eigenvalue weighted by Gasteiger charge is -2.24. The van der Waals surface area contributed by atoms with Gasteiger partial charge in [0.25, 0.3) is 0 Å². The number of benzene rings is 2. The molecule has 26 heavy (non-hydrogen) atoms. The van der Waals surface area contributed by atoms with Crippen LogP contribution in [0.3, 0.4) is 0 Å². The fourth-order valence-electron chi connectivity index (χ4n) is 2.58. The zero-order valence-electron chi connectivity index (χ0n) is 15.4. The number of carbonyl (C=O) groups excluding carboxylic acids is 1. The summed E-state index contributed by atoms with van der Waals surface area (Å²) in [5.74, 6) is 0.369. The van der Waals surface area contributed by atoms with Crippen molar-refractivity contribution in [2.24, 2.45) is 0 Å². The highest BCUT2D eigenvalue weighted by atomic mass is 32.2. The highest BCUT2D eigenvalue weighted by molar-refractivity contribution is 7.92. The van der Waals surface area contributed by atoms with Gasteiger partial charge in [-0.1, -0.05) is 18.2 Å². The van der Waals surface area contributed by atoms with Gasteiger partial charge in [-0.05, 0) is 43.2 Å². The number of sulfonamides is 1. The van der Waals surface area contributed by atoms with E-state index < -0.39 is 10.0 Å². The second kappa shape index (κ2) is 8.23. The van der Waals surface area contributed by atoms with Crippen molar-refractivity contribution in [3.63, 3.8) is 0 Å². The molecule has 0 radical (unpaired) electrons. The van der Waals surface area contributed by atoms with Gasteiger partial charge in [0.1, 0.15) is 5.75 Å². The average molecular weight is 376 g/mol. The van der Waals surface area contributed by atoms with E-state index in [9.17, 15) is 13.2 Å². The first-order valence-corrected chi connectivity index (χ1v) is 10.0. The van der Waals surface area contributed by atoms with Gasteiger partial charge in [-0.25, -0.2) is 8.42 Å². The summed E-state index contributed by atoms with van der Waals surface area (Å²) in [4.78, 5) is 12.3. The quantitative estimate of drug-likeness (QED) is 0.806. The van der Waals surface area contributed by atoms with Gasteiger partial charge < -0.3 is 10.1 Å². The number of methoxy groups -OCH3 is 1. The van der Waals surface area contributed by atoms with Crippen LogP contribution in [0.15, 0.2) is 42.5 Å². The largest absolute Gasteiger partial charge is 0.497 e. The Morgan fingerprint density at radius 1 is 1.15 bits per heavy atom. The summed E-state index contributed by atoms with van der Waals surface area (Å²) >= 11 is 0. The molecule has 0 unspecified atom stereocenters. The Balaban J connectivity index is 2.12. The van der Waals surface area contributed by atoms with Crippen LogP contribution < -0.4 is 14.4 Å². The number of nitrogens with one attached hydrogen (secondary N) is 1. The van der Waals surface area contributed by atoms with Crippen molar-refractivity contribution in [2.45, 2.75) is 20.3 Å². The molecule has 2 rings (SSSR count). The van der Waals surface area contributed by atoms with E-state index >= 15 is 0 Å². The number of ether oxygens (including phenoxy) is 1. The van der Waals surface area contributed by atoms with Crippen LogP contribution in [0, 0.1) is 13.8 Å². The molecule has 0 aliphatic rings. The molecule has 0 saturated heterocycles. The fourth-order valence-corrected chi connectivity index (χ4v) is 3.56. The molecule has 0 atom stereocenters. The molecule has 0 fully saturated rings. The predicted molar refractivity (Wildman–Crippen MR) is 104 cm³/mol. The lowest BCUT2D eigenvalue weighted by atomic mass is 10.1. The van der Waals surface area contributed by atoms with E-state index in [1.807, 2.05) is 32.0 Å². The van der Waals surface area contributed by atoms with Gasteiger partial charge in [0.15, 0.2) is 0 Å². The zero-order chi connectivity index (χ0) is 19.3. The third-order valence-corrected chi connectivity index (χ3v) is 5.11. The van der Waals surface area contributed by atoms with Crippen molar-refractivity contribution in [1.82, 2.24) is 0 Å². The molecular formula is C19H24N2O4S. The zero-order valence-corrected chi connectivity index (χ0v) is 16.3. The van der Waals surface area contributed by atoms with Crippen LogP contribution in [0.25, 0.3) is 0 Å². The van der Waals surface area contributed by atoms with Gasteiger partial charge in [0, 0.05) is 24.7 Å². The topological polar surface area (TPSA) is 75.7 Å². The maximum Gasteiger partial charge on any atom is 0.232 e. The Labute approximate surface area is 154 Å². The molecule has 0 bridgehead atoms. The molecule has 0 heterocycles. The molecule has 0 saturated carbocycles. The van der Waals surface area contributed by atoms with E-state index in [1.54, 1.807) is 31.4 Å². The first kappa shape index (κ1) is 19.8. The number of hydrogen-bond donors (Lipinski definition) is 1. The molecule has 140 valence electrons. The van der Waals surface area contributed by atoms with Crippen LogP contribution in [0.1, 0.15) is 17.5 Å². The van der Waals surface area contributed by atoms with Crippen molar-refractivity contribution >= 4 is 27.3 Å². The van der Waals surface area contributed by atoms with Crippen LogP contribution in [0.5, 0.6) is 5.75 Å². The number of aryl methyl sites for hydroxylation is 2. The second-order valence-corrected chi connectivity index (χ2v) is 8.06. The first-order valence-electron chi connectivity index (χ1n) is 8.19. The minimum absolute atomic E-state index is 0.0393. The molecule has 2 aromatic rings. The van der Waals surface area contributed by atoms with Crippen molar-refractivity contribution < 1.29 is 17.9 Å². The highest BCUT2D eigenvalue weighted by Crippen LogP contribution is 2.24. The van der Waals surface area contributed by atoms with Gasteiger partial charge in [0.2, 0.25) is 15.9 Å². The number of rotatable bonds is 7. The number of amides is 1. The highest BCUT2D eigenvalue weighted by Gasteiger charge is 2.20. The van der Waals surface area contributed by atoms with Crippen molar-refractivity contribution in [2.75, 3.05) is 29.5 Å². The summed E-state index contributed by atoms with van der Waals surface area (Å²) < 4.78 is 30.9. The molecular weight excluding hydrogens is 352 g/mol. The maximum atomic E-state index is 12.3. The fraction of sp³-hybridized carbons (Fsp3) is 0.316. The van der Waals surface area contributed by atoms with Crippen LogP contribution in [0.4, 0.5) is 11.4 Å². The Bertz CT molecular complexity index is 894. The summed E-state index contributed by atoms with van der Waals surface area (Å²) in [5.41, 5.74) is 3.00. The Morgan fingerprint density at radius 3 is 2.54 bits per heavy atom. The maximum absolute atomic E-state index is 12.3. The number of hydrogen-bond acceptors (Lipinski definition) is 4. The monoisotopic (exact) mass is 376 g/mol. The third-order valence-electron chi connectivity index (χ3n) is 3.93. The molecule has 7 heteroatoms.